The number of amides is 1. The summed E-state index contributed by atoms with van der Waals surface area (Å²) in [7, 11) is 0. The second-order valence-electron chi connectivity index (χ2n) is 5.37. The van der Waals surface area contributed by atoms with E-state index in [0.29, 0.717) is 19.4 Å². The third-order valence-corrected chi connectivity index (χ3v) is 3.14. The van der Waals surface area contributed by atoms with Gasteiger partial charge in [-0.25, -0.2) is 0 Å². The van der Waals surface area contributed by atoms with Crippen LogP contribution in [0, 0.1) is 22.2 Å². The van der Waals surface area contributed by atoms with Crippen molar-refractivity contribution < 1.29 is 9.90 Å². The number of rotatable bonds is 6. The Morgan fingerprint density at radius 2 is 2.19 bits per heavy atom. The Labute approximate surface area is 96.6 Å². The first-order chi connectivity index (χ1) is 7.46. The van der Waals surface area contributed by atoms with E-state index in [9.17, 15) is 4.79 Å². The maximum absolute atomic E-state index is 11.7. The van der Waals surface area contributed by atoms with Gasteiger partial charge >= 0.3 is 0 Å². The van der Waals surface area contributed by atoms with Crippen LogP contribution in [-0.2, 0) is 4.79 Å². The van der Waals surface area contributed by atoms with Gasteiger partial charge in [-0.15, -0.1) is 0 Å². The van der Waals surface area contributed by atoms with Crippen molar-refractivity contribution >= 4 is 5.91 Å². The standard InChI is InChI=1S/C12H20N2O2/c1-11(2,4-3-7-15)9-14-10(16)12(8-13)5-6-12/h15H,3-7,9H2,1-2H3,(H,14,16). The zero-order valence-electron chi connectivity index (χ0n) is 10.0. The van der Waals surface area contributed by atoms with E-state index in [1.165, 1.54) is 0 Å². The molecule has 4 heteroatoms. The number of aliphatic hydroxyl groups excluding tert-OH is 1. The van der Waals surface area contributed by atoms with Crippen molar-refractivity contribution in [3.05, 3.63) is 0 Å². The highest BCUT2D eigenvalue weighted by Crippen LogP contribution is 2.45. The maximum atomic E-state index is 11.7. The van der Waals surface area contributed by atoms with E-state index in [1.54, 1.807) is 0 Å². The molecular weight excluding hydrogens is 204 g/mol. The molecule has 1 aliphatic carbocycles. The quantitative estimate of drug-likeness (QED) is 0.712. The highest BCUT2D eigenvalue weighted by molar-refractivity contribution is 5.88. The lowest BCUT2D eigenvalue weighted by Gasteiger charge is -2.25. The molecule has 1 amide bonds. The van der Waals surface area contributed by atoms with E-state index in [2.05, 4.69) is 25.2 Å². The molecule has 0 saturated heterocycles. The minimum atomic E-state index is -0.729. The van der Waals surface area contributed by atoms with Crippen LogP contribution in [0.1, 0.15) is 39.5 Å². The Hall–Kier alpha value is -1.08. The summed E-state index contributed by atoms with van der Waals surface area (Å²) in [6, 6.07) is 2.08. The molecule has 0 heterocycles. The third-order valence-electron chi connectivity index (χ3n) is 3.14. The largest absolute Gasteiger partial charge is 0.396 e. The van der Waals surface area contributed by atoms with Gasteiger partial charge in [-0.2, -0.15) is 5.26 Å². The minimum absolute atomic E-state index is 0.0239. The lowest BCUT2D eigenvalue weighted by atomic mass is 9.87. The predicted molar refractivity (Wildman–Crippen MR) is 60.4 cm³/mol. The lowest BCUT2D eigenvalue weighted by molar-refractivity contribution is -0.124. The van der Waals surface area contributed by atoms with Crippen molar-refractivity contribution in [1.29, 1.82) is 5.26 Å². The number of aliphatic hydroxyl groups is 1. The fourth-order valence-corrected chi connectivity index (χ4v) is 1.65. The maximum Gasteiger partial charge on any atom is 0.240 e. The van der Waals surface area contributed by atoms with Crippen LogP contribution < -0.4 is 5.32 Å². The Balaban J connectivity index is 2.34. The number of nitrogens with zero attached hydrogens (tertiary/aromatic N) is 1. The number of nitrogens with one attached hydrogen (secondary N) is 1. The van der Waals surface area contributed by atoms with Gasteiger partial charge in [0.15, 0.2) is 0 Å². The zero-order valence-corrected chi connectivity index (χ0v) is 10.0. The highest BCUT2D eigenvalue weighted by Gasteiger charge is 2.50. The third kappa shape index (κ3) is 3.21. The van der Waals surface area contributed by atoms with Crippen LogP contribution in [0.15, 0.2) is 0 Å². The van der Waals surface area contributed by atoms with Crippen molar-refractivity contribution in [3.63, 3.8) is 0 Å². The Morgan fingerprint density at radius 3 is 2.62 bits per heavy atom. The van der Waals surface area contributed by atoms with Gasteiger partial charge in [0.25, 0.3) is 0 Å². The minimum Gasteiger partial charge on any atom is -0.396 e. The second-order valence-corrected chi connectivity index (χ2v) is 5.37. The monoisotopic (exact) mass is 224 g/mol. The topological polar surface area (TPSA) is 73.1 Å². The van der Waals surface area contributed by atoms with Gasteiger partial charge in [0, 0.05) is 13.2 Å². The van der Waals surface area contributed by atoms with Crippen LogP contribution in [0.25, 0.3) is 0 Å². The first kappa shape index (κ1) is 13.0. The lowest BCUT2D eigenvalue weighted by Crippen LogP contribution is -2.38. The molecule has 1 saturated carbocycles. The number of carbonyl (C=O) groups excluding carboxylic acids is 1. The molecule has 0 aromatic rings. The molecule has 0 aliphatic heterocycles. The molecule has 0 aromatic carbocycles. The summed E-state index contributed by atoms with van der Waals surface area (Å²) >= 11 is 0. The summed E-state index contributed by atoms with van der Waals surface area (Å²) in [6.45, 7) is 4.85. The summed E-state index contributed by atoms with van der Waals surface area (Å²) in [5.74, 6) is -0.132. The number of hydrogen-bond acceptors (Lipinski definition) is 3. The number of hydrogen-bond donors (Lipinski definition) is 2. The molecule has 16 heavy (non-hydrogen) atoms. The van der Waals surface area contributed by atoms with Crippen LogP contribution in [0.4, 0.5) is 0 Å². The van der Waals surface area contributed by atoms with Crippen LogP contribution in [0.5, 0.6) is 0 Å². The molecular formula is C12H20N2O2. The fourth-order valence-electron chi connectivity index (χ4n) is 1.65. The smallest absolute Gasteiger partial charge is 0.240 e. The van der Waals surface area contributed by atoms with Gasteiger partial charge in [-0.1, -0.05) is 13.8 Å². The molecule has 1 rings (SSSR count). The molecule has 0 bridgehead atoms. The van der Waals surface area contributed by atoms with E-state index in [-0.39, 0.29) is 17.9 Å². The van der Waals surface area contributed by atoms with Gasteiger partial charge < -0.3 is 10.4 Å². The Kier molecular flexibility index (Phi) is 3.93. The van der Waals surface area contributed by atoms with Gasteiger partial charge in [-0.05, 0) is 31.1 Å². The summed E-state index contributed by atoms with van der Waals surface area (Å²) < 4.78 is 0. The Bertz CT molecular complexity index is 301. The summed E-state index contributed by atoms with van der Waals surface area (Å²) in [5.41, 5.74) is -0.753. The van der Waals surface area contributed by atoms with Gasteiger partial charge in [-0.3, -0.25) is 4.79 Å². The molecule has 0 atom stereocenters. The average Bonchev–Trinajstić information content (AvgIpc) is 3.04. The van der Waals surface area contributed by atoms with Gasteiger partial charge in [0.05, 0.1) is 6.07 Å². The molecule has 1 fully saturated rings. The SMILES string of the molecule is CC(C)(CCCO)CNC(=O)C1(C#N)CC1. The molecule has 2 N–H and O–H groups in total. The van der Waals surface area contributed by atoms with Crippen LogP contribution in [-0.4, -0.2) is 24.2 Å². The summed E-state index contributed by atoms with van der Waals surface area (Å²) in [6.07, 6.45) is 2.98. The zero-order chi connectivity index (χ0) is 12.2. The van der Waals surface area contributed by atoms with Crippen LogP contribution >= 0.6 is 0 Å². The molecule has 0 unspecified atom stereocenters. The first-order valence-corrected chi connectivity index (χ1v) is 5.76. The first-order valence-electron chi connectivity index (χ1n) is 5.76. The molecule has 90 valence electrons. The number of carbonyl (C=O) groups is 1. The van der Waals surface area contributed by atoms with Crippen molar-refractivity contribution in [1.82, 2.24) is 5.32 Å². The van der Waals surface area contributed by atoms with E-state index in [0.717, 1.165) is 12.8 Å². The molecule has 4 nitrogen and oxygen atoms in total. The average molecular weight is 224 g/mol. The van der Waals surface area contributed by atoms with Gasteiger partial charge in [0.2, 0.25) is 5.91 Å². The molecule has 0 radical (unpaired) electrons. The van der Waals surface area contributed by atoms with Gasteiger partial charge in [0.1, 0.15) is 5.41 Å². The van der Waals surface area contributed by atoms with E-state index >= 15 is 0 Å². The van der Waals surface area contributed by atoms with Crippen molar-refractivity contribution in [3.8, 4) is 6.07 Å². The molecule has 0 spiro atoms. The normalized spacial score (nSPS) is 17.6. The molecule has 1 aliphatic rings. The predicted octanol–water partition coefficient (Wildman–Crippen LogP) is 1.21. The highest BCUT2D eigenvalue weighted by atomic mass is 16.2. The van der Waals surface area contributed by atoms with Crippen LogP contribution in [0.3, 0.4) is 0 Å². The number of nitriles is 1. The van der Waals surface area contributed by atoms with Crippen molar-refractivity contribution in [2.75, 3.05) is 13.2 Å². The van der Waals surface area contributed by atoms with Crippen molar-refractivity contribution in [2.24, 2.45) is 10.8 Å². The molecule has 0 aromatic heterocycles. The summed E-state index contributed by atoms with van der Waals surface area (Å²) in [4.78, 5) is 11.7. The van der Waals surface area contributed by atoms with Crippen LogP contribution in [0.2, 0.25) is 0 Å². The summed E-state index contributed by atoms with van der Waals surface area (Å²) in [5, 5.41) is 20.5. The second kappa shape index (κ2) is 4.84. The fraction of sp³-hybridized carbons (Fsp3) is 0.833. The van der Waals surface area contributed by atoms with E-state index in [1.807, 2.05) is 0 Å². The van der Waals surface area contributed by atoms with E-state index in [4.69, 9.17) is 10.4 Å². The Morgan fingerprint density at radius 1 is 1.56 bits per heavy atom. The van der Waals surface area contributed by atoms with Crippen molar-refractivity contribution in [2.45, 2.75) is 39.5 Å². The van der Waals surface area contributed by atoms with E-state index < -0.39 is 5.41 Å².